The molecule has 1 aromatic rings. The van der Waals surface area contributed by atoms with Crippen LogP contribution in [0.5, 0.6) is 0 Å². The van der Waals surface area contributed by atoms with Gasteiger partial charge in [0.2, 0.25) is 0 Å². The summed E-state index contributed by atoms with van der Waals surface area (Å²) in [7, 11) is 0. The lowest BCUT2D eigenvalue weighted by Gasteiger charge is -2.06. The van der Waals surface area contributed by atoms with Gasteiger partial charge in [-0.05, 0) is 37.3 Å². The van der Waals surface area contributed by atoms with Gasteiger partial charge in [0.05, 0.1) is 5.71 Å². The average molecular weight is 269 g/mol. The predicted octanol–water partition coefficient (Wildman–Crippen LogP) is 2.34. The quantitative estimate of drug-likeness (QED) is 0.381. The Bertz CT molecular complexity index is 486. The van der Waals surface area contributed by atoms with Crippen LogP contribution in [0.4, 0.5) is 8.78 Å². The summed E-state index contributed by atoms with van der Waals surface area (Å²) in [5.41, 5.74) is 3.57. The van der Waals surface area contributed by atoms with Crippen LogP contribution in [0.15, 0.2) is 36.0 Å². The van der Waals surface area contributed by atoms with Crippen molar-refractivity contribution in [2.45, 2.75) is 6.92 Å². The number of rotatable bonds is 4. The lowest BCUT2D eigenvalue weighted by molar-refractivity contribution is 0.508. The van der Waals surface area contributed by atoms with Gasteiger partial charge in [-0.25, -0.2) is 8.78 Å². The van der Waals surface area contributed by atoms with E-state index in [2.05, 4.69) is 22.4 Å². The van der Waals surface area contributed by atoms with Crippen molar-refractivity contribution in [3.05, 3.63) is 48.1 Å². The molecule has 96 valence electrons. The highest BCUT2D eigenvalue weighted by atomic mass is 32.1. The van der Waals surface area contributed by atoms with Gasteiger partial charge in [-0.2, -0.15) is 5.10 Å². The highest BCUT2D eigenvalue weighted by Crippen LogP contribution is 2.09. The van der Waals surface area contributed by atoms with E-state index in [1.807, 2.05) is 0 Å². The first-order valence-electron chi connectivity index (χ1n) is 5.19. The number of hydrogen-bond donors (Lipinski definition) is 2. The summed E-state index contributed by atoms with van der Waals surface area (Å²) >= 11 is 4.92. The van der Waals surface area contributed by atoms with E-state index in [0.29, 0.717) is 22.9 Å². The van der Waals surface area contributed by atoms with Gasteiger partial charge in [-0.15, -0.1) is 6.58 Å². The molecule has 6 heteroatoms. The summed E-state index contributed by atoms with van der Waals surface area (Å²) in [6.07, 6.45) is 1.65. The van der Waals surface area contributed by atoms with Crippen molar-refractivity contribution in [1.29, 1.82) is 0 Å². The van der Waals surface area contributed by atoms with E-state index < -0.39 is 11.6 Å². The van der Waals surface area contributed by atoms with E-state index in [0.717, 1.165) is 12.1 Å². The number of thiocarbonyl (C=S) groups is 1. The first-order valence-corrected chi connectivity index (χ1v) is 5.60. The molecule has 0 saturated carbocycles. The maximum atomic E-state index is 13.0. The molecule has 0 radical (unpaired) electrons. The van der Waals surface area contributed by atoms with Crippen molar-refractivity contribution >= 4 is 23.0 Å². The summed E-state index contributed by atoms with van der Waals surface area (Å²) < 4.78 is 25.8. The first kappa shape index (κ1) is 14.2. The molecule has 0 aliphatic carbocycles. The van der Waals surface area contributed by atoms with E-state index in [1.165, 1.54) is 6.07 Å². The third kappa shape index (κ3) is 4.21. The van der Waals surface area contributed by atoms with E-state index in [4.69, 9.17) is 12.2 Å². The molecule has 0 spiro atoms. The molecule has 0 atom stereocenters. The Morgan fingerprint density at radius 2 is 2.17 bits per heavy atom. The zero-order valence-electron chi connectivity index (χ0n) is 9.84. The normalized spacial score (nSPS) is 10.9. The Balaban J connectivity index is 2.68. The number of hydrazone groups is 1. The molecule has 0 saturated heterocycles. The smallest absolute Gasteiger partial charge is 0.187 e. The second-order valence-corrected chi connectivity index (χ2v) is 3.84. The Kier molecular flexibility index (Phi) is 5.38. The fourth-order valence-electron chi connectivity index (χ4n) is 1.12. The van der Waals surface area contributed by atoms with Crippen LogP contribution in [-0.2, 0) is 0 Å². The SMILES string of the molecule is C=CCNC(=S)N/N=C(/C)c1ccc(F)c(F)c1. The monoisotopic (exact) mass is 269 g/mol. The number of nitrogens with zero attached hydrogens (tertiary/aromatic N) is 1. The van der Waals surface area contributed by atoms with Crippen LogP contribution >= 0.6 is 12.2 Å². The van der Waals surface area contributed by atoms with E-state index in [-0.39, 0.29) is 0 Å². The van der Waals surface area contributed by atoms with Crippen molar-refractivity contribution < 1.29 is 8.78 Å². The molecule has 0 bridgehead atoms. The number of benzene rings is 1. The van der Waals surface area contributed by atoms with Gasteiger partial charge in [-0.3, -0.25) is 5.43 Å². The second kappa shape index (κ2) is 6.80. The third-order valence-corrected chi connectivity index (χ3v) is 2.31. The fraction of sp³-hybridized carbons (Fsp3) is 0.167. The molecule has 0 aliphatic heterocycles. The molecule has 3 nitrogen and oxygen atoms in total. The van der Waals surface area contributed by atoms with Gasteiger partial charge in [-0.1, -0.05) is 6.08 Å². The van der Waals surface area contributed by atoms with Crippen LogP contribution in [0.25, 0.3) is 0 Å². The van der Waals surface area contributed by atoms with Gasteiger partial charge in [0.25, 0.3) is 0 Å². The van der Waals surface area contributed by atoms with Crippen LogP contribution in [0.3, 0.4) is 0 Å². The van der Waals surface area contributed by atoms with Crippen molar-refractivity contribution in [3.8, 4) is 0 Å². The highest BCUT2D eigenvalue weighted by molar-refractivity contribution is 7.80. The van der Waals surface area contributed by atoms with Gasteiger partial charge in [0, 0.05) is 12.1 Å². The summed E-state index contributed by atoms with van der Waals surface area (Å²) in [6, 6.07) is 3.58. The third-order valence-electron chi connectivity index (χ3n) is 2.07. The van der Waals surface area contributed by atoms with E-state index in [1.54, 1.807) is 13.0 Å². The molecular formula is C12H13F2N3S. The molecule has 0 fully saturated rings. The van der Waals surface area contributed by atoms with Crippen LogP contribution in [0, 0.1) is 11.6 Å². The molecule has 0 amide bonds. The average Bonchev–Trinajstić information content (AvgIpc) is 2.36. The second-order valence-electron chi connectivity index (χ2n) is 3.44. The van der Waals surface area contributed by atoms with Crippen LogP contribution in [0.1, 0.15) is 12.5 Å². The topological polar surface area (TPSA) is 36.4 Å². The molecule has 0 aromatic heterocycles. The first-order chi connectivity index (χ1) is 8.54. The zero-order chi connectivity index (χ0) is 13.5. The van der Waals surface area contributed by atoms with Crippen molar-refractivity contribution in [3.63, 3.8) is 0 Å². The Morgan fingerprint density at radius 1 is 1.44 bits per heavy atom. The minimum absolute atomic E-state index is 0.330. The zero-order valence-corrected chi connectivity index (χ0v) is 10.7. The van der Waals surface area contributed by atoms with Crippen molar-refractivity contribution in [2.24, 2.45) is 5.10 Å². The van der Waals surface area contributed by atoms with Gasteiger partial charge >= 0.3 is 0 Å². The molecule has 0 aliphatic rings. The molecule has 18 heavy (non-hydrogen) atoms. The Morgan fingerprint density at radius 3 is 2.78 bits per heavy atom. The fourth-order valence-corrected chi connectivity index (χ4v) is 1.25. The van der Waals surface area contributed by atoms with Crippen LogP contribution < -0.4 is 10.7 Å². The van der Waals surface area contributed by atoms with Crippen molar-refractivity contribution in [1.82, 2.24) is 10.7 Å². The van der Waals surface area contributed by atoms with Crippen molar-refractivity contribution in [2.75, 3.05) is 6.54 Å². The maximum Gasteiger partial charge on any atom is 0.187 e. The molecule has 2 N–H and O–H groups in total. The summed E-state index contributed by atoms with van der Waals surface area (Å²) in [5, 5.41) is 7.11. The lowest BCUT2D eigenvalue weighted by atomic mass is 10.1. The molecule has 0 unspecified atom stereocenters. The summed E-state index contributed by atoms with van der Waals surface area (Å²) in [4.78, 5) is 0. The number of nitrogens with one attached hydrogen (secondary N) is 2. The number of halogens is 2. The maximum absolute atomic E-state index is 13.0. The van der Waals surface area contributed by atoms with Gasteiger partial charge in [0.1, 0.15) is 0 Å². The standard InChI is InChI=1S/C12H13F2N3S/c1-3-6-15-12(18)17-16-8(2)9-4-5-10(13)11(14)7-9/h3-5,7H,1,6H2,2H3,(H2,15,17,18)/b16-8-. The Labute approximate surface area is 110 Å². The predicted molar refractivity (Wildman–Crippen MR) is 72.5 cm³/mol. The van der Waals surface area contributed by atoms with Gasteiger partial charge in [0.15, 0.2) is 16.7 Å². The van der Waals surface area contributed by atoms with Gasteiger partial charge < -0.3 is 5.32 Å². The summed E-state index contributed by atoms with van der Waals surface area (Å²) in [5.74, 6) is -1.79. The lowest BCUT2D eigenvalue weighted by Crippen LogP contribution is -2.32. The highest BCUT2D eigenvalue weighted by Gasteiger charge is 2.04. The summed E-state index contributed by atoms with van der Waals surface area (Å²) in [6.45, 7) is 5.71. The minimum Gasteiger partial charge on any atom is -0.358 e. The minimum atomic E-state index is -0.908. The largest absolute Gasteiger partial charge is 0.358 e. The van der Waals surface area contributed by atoms with E-state index >= 15 is 0 Å². The molecule has 0 heterocycles. The van der Waals surface area contributed by atoms with Crippen LogP contribution in [0.2, 0.25) is 0 Å². The van der Waals surface area contributed by atoms with E-state index in [9.17, 15) is 8.78 Å². The molecule has 1 rings (SSSR count). The Hall–Kier alpha value is -1.82. The molecular weight excluding hydrogens is 256 g/mol. The molecule has 1 aromatic carbocycles. The number of hydrogen-bond acceptors (Lipinski definition) is 2. The van der Waals surface area contributed by atoms with Crippen LogP contribution in [-0.4, -0.2) is 17.4 Å².